The van der Waals surface area contributed by atoms with E-state index in [9.17, 15) is 4.79 Å². The molecule has 2 atom stereocenters. The summed E-state index contributed by atoms with van der Waals surface area (Å²) < 4.78 is 14.4. The van der Waals surface area contributed by atoms with Gasteiger partial charge in [-0.15, -0.1) is 0 Å². The molecule has 0 bridgehead atoms. The summed E-state index contributed by atoms with van der Waals surface area (Å²) in [7, 11) is 2.11. The molecular formula is C25H51NO3SSi. The maximum Gasteiger partial charge on any atom is 0.185 e. The second kappa shape index (κ2) is 20.7. The molecule has 0 amide bonds. The zero-order valence-corrected chi connectivity index (χ0v) is 23.1. The number of rotatable bonds is 18. The standard InChI is InChI=1S/C25H51NO3SSi/c1-4-5-6-7-8-9-10-11-12-13-20-28-22-29-24-16-17-25(31-26(3)19-18-24)15-14-21-30-23(2)27/h24-25H,4-22,31H2,1-3H3. The highest BCUT2D eigenvalue weighted by Crippen LogP contribution is 2.26. The fraction of sp³-hybridized carbons (Fsp3) is 0.960. The summed E-state index contributed by atoms with van der Waals surface area (Å²) in [6.07, 6.45) is 20.0. The molecule has 31 heavy (non-hydrogen) atoms. The largest absolute Gasteiger partial charge is 0.355 e. The van der Waals surface area contributed by atoms with Crippen molar-refractivity contribution in [2.75, 3.05) is 32.7 Å². The quantitative estimate of drug-likeness (QED) is 0.132. The number of carbonyl (C=O) groups excluding carboxylic acids is 1. The zero-order chi connectivity index (χ0) is 22.6. The Bertz CT molecular complexity index is 428. The van der Waals surface area contributed by atoms with Crippen LogP contribution < -0.4 is 0 Å². The SMILES string of the molecule is CCCCCCCCCCCCOCOC1CCC(CCCSC(C)=O)[SiH2]N(C)CC1. The monoisotopic (exact) mass is 473 g/mol. The first-order valence-corrected chi connectivity index (χ1v) is 15.6. The van der Waals surface area contributed by atoms with Crippen molar-refractivity contribution >= 4 is 26.6 Å². The van der Waals surface area contributed by atoms with Crippen LogP contribution in [-0.2, 0) is 14.3 Å². The lowest BCUT2D eigenvalue weighted by atomic mass is 10.1. The summed E-state index contributed by atoms with van der Waals surface area (Å²) in [6.45, 7) is 6.41. The first-order valence-electron chi connectivity index (χ1n) is 13.1. The summed E-state index contributed by atoms with van der Waals surface area (Å²) in [6, 6.07) is 0. The van der Waals surface area contributed by atoms with Gasteiger partial charge in [-0.05, 0) is 51.2 Å². The molecule has 2 unspecified atom stereocenters. The lowest BCUT2D eigenvalue weighted by Crippen LogP contribution is -2.34. The Morgan fingerprint density at radius 1 is 0.968 bits per heavy atom. The first-order chi connectivity index (χ1) is 15.1. The molecule has 0 saturated carbocycles. The average Bonchev–Trinajstić information content (AvgIpc) is 2.73. The van der Waals surface area contributed by atoms with E-state index in [0.717, 1.165) is 30.9 Å². The van der Waals surface area contributed by atoms with Gasteiger partial charge < -0.3 is 14.0 Å². The van der Waals surface area contributed by atoms with Crippen LogP contribution in [0.3, 0.4) is 0 Å². The first kappa shape index (κ1) is 29.1. The maximum absolute atomic E-state index is 11.1. The van der Waals surface area contributed by atoms with E-state index in [1.807, 2.05) is 0 Å². The van der Waals surface area contributed by atoms with Crippen LogP contribution in [0.25, 0.3) is 0 Å². The van der Waals surface area contributed by atoms with Crippen LogP contribution in [0, 0.1) is 0 Å². The third kappa shape index (κ3) is 18.3. The van der Waals surface area contributed by atoms with Crippen molar-refractivity contribution in [1.82, 2.24) is 4.57 Å². The number of thioether (sulfide) groups is 1. The second-order valence-electron chi connectivity index (χ2n) is 9.47. The summed E-state index contributed by atoms with van der Waals surface area (Å²) in [5.74, 6) is 0.983. The third-order valence-corrected chi connectivity index (χ3v) is 9.56. The van der Waals surface area contributed by atoms with Gasteiger partial charge in [0.2, 0.25) is 0 Å². The Balaban J connectivity index is 2.00. The van der Waals surface area contributed by atoms with Crippen molar-refractivity contribution in [3.05, 3.63) is 0 Å². The highest BCUT2D eigenvalue weighted by atomic mass is 32.2. The molecule has 0 aromatic carbocycles. The van der Waals surface area contributed by atoms with Crippen molar-refractivity contribution < 1.29 is 14.3 Å². The minimum Gasteiger partial charge on any atom is -0.355 e. The fourth-order valence-corrected chi connectivity index (χ4v) is 7.17. The molecule has 1 heterocycles. The third-order valence-electron chi connectivity index (χ3n) is 6.39. The van der Waals surface area contributed by atoms with Gasteiger partial charge in [0, 0.05) is 19.3 Å². The summed E-state index contributed by atoms with van der Waals surface area (Å²) in [5, 5.41) is 0.248. The molecule has 0 N–H and O–H groups in total. The van der Waals surface area contributed by atoms with Gasteiger partial charge >= 0.3 is 0 Å². The van der Waals surface area contributed by atoms with E-state index in [0.29, 0.717) is 12.9 Å². The molecule has 1 saturated heterocycles. The van der Waals surface area contributed by atoms with Crippen LogP contribution in [0.15, 0.2) is 0 Å². The molecule has 0 radical (unpaired) electrons. The minimum absolute atomic E-state index is 0.173. The molecule has 0 aromatic rings. The zero-order valence-electron chi connectivity index (χ0n) is 20.9. The van der Waals surface area contributed by atoms with Gasteiger partial charge in [-0.25, -0.2) is 0 Å². The number of ether oxygens (including phenoxy) is 2. The number of nitrogens with zero attached hydrogens (tertiary/aromatic N) is 1. The van der Waals surface area contributed by atoms with Gasteiger partial charge in [0.05, 0.1) is 15.8 Å². The van der Waals surface area contributed by atoms with Crippen molar-refractivity contribution in [2.45, 2.75) is 122 Å². The molecule has 1 aliphatic heterocycles. The molecule has 6 heteroatoms. The highest BCUT2D eigenvalue weighted by molar-refractivity contribution is 8.13. The predicted molar refractivity (Wildman–Crippen MR) is 139 cm³/mol. The lowest BCUT2D eigenvalue weighted by Gasteiger charge is -2.30. The van der Waals surface area contributed by atoms with Crippen LogP contribution in [0.5, 0.6) is 0 Å². The summed E-state index contributed by atoms with van der Waals surface area (Å²) in [5.41, 5.74) is 0.858. The molecule has 0 spiro atoms. The van der Waals surface area contributed by atoms with Crippen molar-refractivity contribution in [3.63, 3.8) is 0 Å². The Kier molecular flexibility index (Phi) is 19.5. The van der Waals surface area contributed by atoms with Crippen molar-refractivity contribution in [3.8, 4) is 0 Å². The number of hydrogen-bond acceptors (Lipinski definition) is 5. The molecule has 1 rings (SSSR count). The van der Waals surface area contributed by atoms with Gasteiger partial charge in [-0.3, -0.25) is 4.79 Å². The van der Waals surface area contributed by atoms with Gasteiger partial charge in [-0.2, -0.15) is 0 Å². The van der Waals surface area contributed by atoms with E-state index in [4.69, 9.17) is 9.47 Å². The van der Waals surface area contributed by atoms with E-state index in [1.54, 1.807) is 6.92 Å². The Labute approximate surface area is 199 Å². The van der Waals surface area contributed by atoms with Gasteiger partial charge in [-0.1, -0.05) is 82.9 Å². The normalized spacial score (nSPS) is 21.3. The molecular weight excluding hydrogens is 422 g/mol. The smallest absolute Gasteiger partial charge is 0.185 e. The molecule has 1 aliphatic rings. The highest BCUT2D eigenvalue weighted by Gasteiger charge is 2.20. The van der Waals surface area contributed by atoms with Crippen LogP contribution in [0.1, 0.15) is 110 Å². The van der Waals surface area contributed by atoms with E-state index >= 15 is 0 Å². The summed E-state index contributed by atoms with van der Waals surface area (Å²) >= 11 is 1.48. The fourth-order valence-electron chi connectivity index (χ4n) is 4.44. The molecule has 0 aliphatic carbocycles. The Hall–Kier alpha value is 0.117. The van der Waals surface area contributed by atoms with E-state index in [2.05, 4.69) is 18.5 Å². The summed E-state index contributed by atoms with van der Waals surface area (Å²) in [4.78, 5) is 11.1. The predicted octanol–water partition coefficient (Wildman–Crippen LogP) is 6.31. The van der Waals surface area contributed by atoms with E-state index < -0.39 is 0 Å². The van der Waals surface area contributed by atoms with Crippen LogP contribution in [0.2, 0.25) is 5.54 Å². The average molecular weight is 474 g/mol. The topological polar surface area (TPSA) is 38.8 Å². The number of carbonyl (C=O) groups is 1. The molecule has 184 valence electrons. The van der Waals surface area contributed by atoms with E-state index in [1.165, 1.54) is 102 Å². The number of unbranched alkanes of at least 4 members (excludes halogenated alkanes) is 9. The van der Waals surface area contributed by atoms with E-state index in [-0.39, 0.29) is 14.8 Å². The van der Waals surface area contributed by atoms with Gasteiger partial charge in [0.1, 0.15) is 6.79 Å². The van der Waals surface area contributed by atoms with Crippen LogP contribution in [0.4, 0.5) is 0 Å². The van der Waals surface area contributed by atoms with Crippen molar-refractivity contribution in [1.29, 1.82) is 0 Å². The van der Waals surface area contributed by atoms with Gasteiger partial charge in [0.25, 0.3) is 0 Å². The minimum atomic E-state index is -0.173. The van der Waals surface area contributed by atoms with Crippen molar-refractivity contribution in [2.24, 2.45) is 0 Å². The molecule has 4 nitrogen and oxygen atoms in total. The maximum atomic E-state index is 11.1. The lowest BCUT2D eigenvalue weighted by molar-refractivity contribution is -0.109. The molecule has 0 aromatic heterocycles. The second-order valence-corrected chi connectivity index (χ2v) is 13.3. The van der Waals surface area contributed by atoms with Crippen LogP contribution in [-0.4, -0.2) is 58.2 Å². The molecule has 1 fully saturated rings. The van der Waals surface area contributed by atoms with Gasteiger partial charge in [0.15, 0.2) is 5.12 Å². The van der Waals surface area contributed by atoms with Crippen LogP contribution >= 0.6 is 11.8 Å². The Morgan fingerprint density at radius 3 is 2.32 bits per heavy atom. The number of hydrogen-bond donors (Lipinski definition) is 0. The Morgan fingerprint density at radius 2 is 1.65 bits per heavy atom.